The van der Waals surface area contributed by atoms with E-state index >= 15 is 0 Å². The number of benzene rings is 1. The van der Waals surface area contributed by atoms with Crippen molar-refractivity contribution in [3.63, 3.8) is 0 Å². The molecule has 0 aliphatic carbocycles. The van der Waals surface area contributed by atoms with E-state index in [-0.39, 0.29) is 12.3 Å². The Morgan fingerprint density at radius 1 is 1.38 bits per heavy atom. The lowest BCUT2D eigenvalue weighted by Crippen LogP contribution is -2.49. The number of hydrogen-bond acceptors (Lipinski definition) is 3. The number of carbonyl (C=O) groups is 2. The van der Waals surface area contributed by atoms with E-state index in [0.717, 1.165) is 6.42 Å². The highest BCUT2D eigenvalue weighted by Gasteiger charge is 2.28. The smallest absolute Gasteiger partial charge is 0.249 e. The van der Waals surface area contributed by atoms with Crippen molar-refractivity contribution in [3.05, 3.63) is 33.8 Å². The third-order valence-corrected chi connectivity index (χ3v) is 4.06. The van der Waals surface area contributed by atoms with Gasteiger partial charge in [-0.25, -0.2) is 0 Å². The van der Waals surface area contributed by atoms with Crippen molar-refractivity contribution in [1.82, 2.24) is 5.32 Å². The van der Waals surface area contributed by atoms with E-state index in [1.54, 1.807) is 18.2 Å². The van der Waals surface area contributed by atoms with Crippen molar-refractivity contribution in [3.8, 4) is 0 Å². The van der Waals surface area contributed by atoms with E-state index in [9.17, 15) is 9.59 Å². The summed E-state index contributed by atoms with van der Waals surface area (Å²) in [6, 6.07) is 4.17. The van der Waals surface area contributed by atoms with Gasteiger partial charge in [0.05, 0.1) is 0 Å². The Hall–Kier alpha value is -1.30. The molecular formula is C14H16Cl2N2O3. The van der Waals surface area contributed by atoms with Gasteiger partial charge < -0.3 is 15.8 Å². The van der Waals surface area contributed by atoms with Crippen LogP contribution < -0.4 is 11.1 Å². The van der Waals surface area contributed by atoms with Gasteiger partial charge in [0.1, 0.15) is 12.1 Å². The summed E-state index contributed by atoms with van der Waals surface area (Å²) in [5.41, 5.74) is 5.93. The molecule has 0 bridgehead atoms. The number of ether oxygens (including phenoxy) is 1. The van der Waals surface area contributed by atoms with Crippen LogP contribution in [0.1, 0.15) is 18.4 Å². The summed E-state index contributed by atoms with van der Waals surface area (Å²) in [4.78, 5) is 23.6. The molecule has 0 unspecified atom stereocenters. The van der Waals surface area contributed by atoms with Gasteiger partial charge in [0.25, 0.3) is 0 Å². The second kappa shape index (κ2) is 7.11. The summed E-state index contributed by atoms with van der Waals surface area (Å²) in [5, 5.41) is 3.47. The fourth-order valence-corrected chi connectivity index (χ4v) is 2.76. The van der Waals surface area contributed by atoms with E-state index < -0.39 is 18.1 Å². The number of carbonyl (C=O) groups excluding carboxylic acids is 2. The molecule has 0 spiro atoms. The van der Waals surface area contributed by atoms with E-state index in [1.807, 2.05) is 0 Å². The van der Waals surface area contributed by atoms with Crippen LogP contribution in [0.3, 0.4) is 0 Å². The van der Waals surface area contributed by atoms with Crippen LogP contribution in [-0.2, 0) is 20.7 Å². The Kier molecular flexibility index (Phi) is 5.45. The maximum Gasteiger partial charge on any atom is 0.249 e. The van der Waals surface area contributed by atoms with E-state index in [1.165, 1.54) is 0 Å². The summed E-state index contributed by atoms with van der Waals surface area (Å²) in [6.45, 7) is 0.551. The van der Waals surface area contributed by atoms with Gasteiger partial charge >= 0.3 is 0 Å². The quantitative estimate of drug-likeness (QED) is 0.861. The molecule has 1 aromatic carbocycles. The van der Waals surface area contributed by atoms with Crippen LogP contribution in [0.4, 0.5) is 0 Å². The highest BCUT2D eigenvalue weighted by atomic mass is 35.5. The molecule has 3 N–H and O–H groups in total. The van der Waals surface area contributed by atoms with Gasteiger partial charge in [-0.15, -0.1) is 0 Å². The molecule has 1 aromatic rings. The normalized spacial score (nSPS) is 19.2. The molecule has 2 rings (SSSR count). The minimum absolute atomic E-state index is 0.145. The zero-order chi connectivity index (χ0) is 15.4. The van der Waals surface area contributed by atoms with Crippen molar-refractivity contribution in [2.75, 3.05) is 6.61 Å². The number of rotatable bonds is 5. The predicted molar refractivity (Wildman–Crippen MR) is 80.3 cm³/mol. The van der Waals surface area contributed by atoms with Gasteiger partial charge in [0, 0.05) is 23.1 Å². The number of nitrogens with two attached hydrogens (primary N) is 1. The molecule has 2 amide bonds. The highest BCUT2D eigenvalue weighted by molar-refractivity contribution is 6.36. The first-order valence-corrected chi connectivity index (χ1v) is 7.39. The largest absolute Gasteiger partial charge is 0.368 e. The van der Waals surface area contributed by atoms with Crippen LogP contribution in [-0.4, -0.2) is 30.6 Å². The SMILES string of the molecule is NC(=O)[C@@H](Cc1c(Cl)cccc1Cl)NC(=O)[C@H]1CCCO1. The first-order valence-electron chi connectivity index (χ1n) is 6.63. The Balaban J connectivity index is 2.09. The Bertz CT molecular complexity index is 525. The average molecular weight is 331 g/mol. The van der Waals surface area contributed by atoms with Crippen molar-refractivity contribution in [2.45, 2.75) is 31.4 Å². The Morgan fingerprint density at radius 3 is 2.57 bits per heavy atom. The van der Waals surface area contributed by atoms with Gasteiger partial charge in [-0.1, -0.05) is 29.3 Å². The van der Waals surface area contributed by atoms with Crippen molar-refractivity contribution in [1.29, 1.82) is 0 Å². The molecule has 0 radical (unpaired) electrons. The van der Waals surface area contributed by atoms with E-state index in [0.29, 0.717) is 28.6 Å². The van der Waals surface area contributed by atoms with Crippen LogP contribution in [0.2, 0.25) is 10.0 Å². The predicted octanol–water partition coefficient (Wildman–Crippen LogP) is 1.68. The zero-order valence-electron chi connectivity index (χ0n) is 11.3. The van der Waals surface area contributed by atoms with Crippen LogP contribution in [0.15, 0.2) is 18.2 Å². The number of nitrogens with one attached hydrogen (secondary N) is 1. The van der Waals surface area contributed by atoms with Crippen LogP contribution in [0.5, 0.6) is 0 Å². The minimum Gasteiger partial charge on any atom is -0.368 e. The number of halogens is 2. The van der Waals surface area contributed by atoms with E-state index in [4.69, 9.17) is 33.7 Å². The lowest BCUT2D eigenvalue weighted by molar-refractivity contribution is -0.133. The summed E-state index contributed by atoms with van der Waals surface area (Å²) in [5.74, 6) is -0.975. The fraction of sp³-hybridized carbons (Fsp3) is 0.429. The molecule has 21 heavy (non-hydrogen) atoms. The third kappa shape index (κ3) is 4.09. The number of amides is 2. The molecule has 1 aliphatic heterocycles. The second-order valence-electron chi connectivity index (χ2n) is 4.87. The van der Waals surface area contributed by atoms with Crippen molar-refractivity contribution < 1.29 is 14.3 Å². The third-order valence-electron chi connectivity index (χ3n) is 3.35. The van der Waals surface area contributed by atoms with Gasteiger partial charge in [-0.2, -0.15) is 0 Å². The molecule has 1 aliphatic rings. The summed E-state index contributed by atoms with van der Waals surface area (Å²) in [6.07, 6.45) is 1.10. The molecule has 114 valence electrons. The van der Waals surface area contributed by atoms with Crippen molar-refractivity contribution >= 4 is 35.0 Å². The molecule has 0 saturated carbocycles. The maximum absolute atomic E-state index is 12.0. The number of hydrogen-bond donors (Lipinski definition) is 2. The monoisotopic (exact) mass is 330 g/mol. The van der Waals surface area contributed by atoms with Gasteiger partial charge in [-0.05, 0) is 30.5 Å². The summed E-state index contributed by atoms with van der Waals surface area (Å²) >= 11 is 12.1. The first kappa shape index (κ1) is 16.1. The summed E-state index contributed by atoms with van der Waals surface area (Å²) < 4.78 is 5.28. The molecule has 0 aromatic heterocycles. The molecule has 2 atom stereocenters. The molecule has 1 fully saturated rings. The van der Waals surface area contributed by atoms with Crippen LogP contribution in [0.25, 0.3) is 0 Å². The van der Waals surface area contributed by atoms with Crippen LogP contribution >= 0.6 is 23.2 Å². The van der Waals surface area contributed by atoms with Crippen molar-refractivity contribution in [2.24, 2.45) is 5.73 Å². The Morgan fingerprint density at radius 2 is 2.05 bits per heavy atom. The average Bonchev–Trinajstić information content (AvgIpc) is 2.95. The van der Waals surface area contributed by atoms with Gasteiger partial charge in [-0.3, -0.25) is 9.59 Å². The molecule has 7 heteroatoms. The number of primary amides is 1. The molecule has 1 saturated heterocycles. The van der Waals surface area contributed by atoms with E-state index in [2.05, 4.69) is 5.32 Å². The fourth-order valence-electron chi connectivity index (χ4n) is 2.20. The molecule has 1 heterocycles. The zero-order valence-corrected chi connectivity index (χ0v) is 12.8. The first-order chi connectivity index (χ1) is 9.99. The van der Waals surface area contributed by atoms with Crippen LogP contribution in [0, 0.1) is 0 Å². The highest BCUT2D eigenvalue weighted by Crippen LogP contribution is 2.25. The van der Waals surface area contributed by atoms with Gasteiger partial charge in [0.15, 0.2) is 0 Å². The maximum atomic E-state index is 12.0. The Labute approximate surface area is 132 Å². The lowest BCUT2D eigenvalue weighted by Gasteiger charge is -2.19. The standard InChI is InChI=1S/C14H16Cl2N2O3/c15-9-3-1-4-10(16)8(9)7-11(13(17)19)18-14(20)12-5-2-6-21-12/h1,3-4,11-12H,2,5-7H2,(H2,17,19)(H,18,20)/t11-,12-/m1/s1. The molecular weight excluding hydrogens is 315 g/mol. The second-order valence-corrected chi connectivity index (χ2v) is 5.68. The topological polar surface area (TPSA) is 81.4 Å². The lowest BCUT2D eigenvalue weighted by atomic mass is 10.0. The molecule has 5 nitrogen and oxygen atoms in total. The van der Waals surface area contributed by atoms with Gasteiger partial charge in [0.2, 0.25) is 11.8 Å². The summed E-state index contributed by atoms with van der Waals surface area (Å²) in [7, 11) is 0. The minimum atomic E-state index is -0.876.